The predicted molar refractivity (Wildman–Crippen MR) is 75.9 cm³/mol. The zero-order valence-corrected chi connectivity index (χ0v) is 12.4. The summed E-state index contributed by atoms with van der Waals surface area (Å²) in [6.45, 7) is 6.90. The van der Waals surface area contributed by atoms with Gasteiger partial charge in [-0.2, -0.15) is 0 Å². The van der Waals surface area contributed by atoms with E-state index in [0.29, 0.717) is 18.8 Å². The van der Waals surface area contributed by atoms with Gasteiger partial charge in [0.2, 0.25) is 0 Å². The van der Waals surface area contributed by atoms with Crippen LogP contribution in [0.2, 0.25) is 0 Å². The van der Waals surface area contributed by atoms with Gasteiger partial charge in [0.05, 0.1) is 31.9 Å². The van der Waals surface area contributed by atoms with Crippen LogP contribution in [0.1, 0.15) is 29.8 Å². The minimum absolute atomic E-state index is 0.0645. The number of benzene rings is 1. The van der Waals surface area contributed by atoms with Crippen LogP contribution < -0.4 is 5.32 Å². The predicted octanol–water partition coefficient (Wildman–Crippen LogP) is 2.35. The normalized spacial score (nSPS) is 18.6. The van der Waals surface area contributed by atoms with Crippen molar-refractivity contribution in [1.29, 1.82) is 0 Å². The molecule has 1 heterocycles. The van der Waals surface area contributed by atoms with Crippen LogP contribution in [0, 0.1) is 6.92 Å². The lowest BCUT2D eigenvalue weighted by molar-refractivity contribution is -0.247. The van der Waals surface area contributed by atoms with Gasteiger partial charge >= 0.3 is 5.97 Å². The number of hydrogen-bond donors (Lipinski definition) is 1. The van der Waals surface area contributed by atoms with Crippen LogP contribution in [-0.4, -0.2) is 38.1 Å². The maximum Gasteiger partial charge on any atom is 0.337 e. The summed E-state index contributed by atoms with van der Waals surface area (Å²) in [4.78, 5) is 11.6. The number of esters is 1. The minimum Gasteiger partial charge on any atom is -0.465 e. The second-order valence-corrected chi connectivity index (χ2v) is 5.38. The van der Waals surface area contributed by atoms with E-state index >= 15 is 0 Å². The molecule has 0 aromatic heterocycles. The number of ether oxygens (including phenoxy) is 3. The molecular formula is C15H21NO4. The van der Waals surface area contributed by atoms with Gasteiger partial charge in [0.1, 0.15) is 0 Å². The number of rotatable bonds is 3. The summed E-state index contributed by atoms with van der Waals surface area (Å²) in [5.41, 5.74) is 2.48. The third-order valence-electron chi connectivity index (χ3n) is 3.28. The highest BCUT2D eigenvalue weighted by atomic mass is 16.7. The van der Waals surface area contributed by atoms with Gasteiger partial charge in [0.25, 0.3) is 0 Å². The van der Waals surface area contributed by atoms with Crippen LogP contribution in [0.3, 0.4) is 0 Å². The van der Waals surface area contributed by atoms with Crippen molar-refractivity contribution in [2.24, 2.45) is 0 Å². The molecular weight excluding hydrogens is 258 g/mol. The largest absolute Gasteiger partial charge is 0.465 e. The molecule has 1 aliphatic rings. The monoisotopic (exact) mass is 279 g/mol. The topological polar surface area (TPSA) is 56.8 Å². The number of anilines is 1. The molecule has 2 rings (SSSR count). The molecule has 0 aliphatic carbocycles. The van der Waals surface area contributed by atoms with Crippen LogP contribution >= 0.6 is 0 Å². The SMILES string of the molecule is COC(=O)c1ccc(C)c(NC2COC(C)(C)OC2)c1. The molecule has 1 aliphatic heterocycles. The first-order valence-corrected chi connectivity index (χ1v) is 6.65. The number of hydrogen-bond acceptors (Lipinski definition) is 5. The quantitative estimate of drug-likeness (QED) is 0.861. The Balaban J connectivity index is 2.07. The van der Waals surface area contributed by atoms with Crippen LogP contribution in [0.5, 0.6) is 0 Å². The molecule has 0 bridgehead atoms. The lowest BCUT2D eigenvalue weighted by atomic mass is 10.1. The summed E-state index contributed by atoms with van der Waals surface area (Å²) in [6.07, 6.45) is 0. The van der Waals surface area contributed by atoms with Gasteiger partial charge in [-0.25, -0.2) is 4.79 Å². The van der Waals surface area contributed by atoms with Crippen LogP contribution in [0.15, 0.2) is 18.2 Å². The Hall–Kier alpha value is -1.59. The fraction of sp³-hybridized carbons (Fsp3) is 0.533. The van der Waals surface area contributed by atoms with Crippen molar-refractivity contribution in [3.8, 4) is 0 Å². The van der Waals surface area contributed by atoms with Crippen molar-refractivity contribution in [3.63, 3.8) is 0 Å². The molecule has 1 fully saturated rings. The summed E-state index contributed by atoms with van der Waals surface area (Å²) in [5, 5.41) is 3.35. The molecule has 1 aromatic carbocycles. The van der Waals surface area contributed by atoms with E-state index in [2.05, 4.69) is 5.32 Å². The number of carbonyl (C=O) groups excluding carboxylic acids is 1. The van der Waals surface area contributed by atoms with E-state index in [0.717, 1.165) is 11.3 Å². The molecule has 0 spiro atoms. The Morgan fingerprint density at radius 2 is 2.00 bits per heavy atom. The minimum atomic E-state index is -0.527. The van der Waals surface area contributed by atoms with E-state index in [1.54, 1.807) is 12.1 Å². The molecule has 0 unspecified atom stereocenters. The van der Waals surface area contributed by atoms with E-state index in [1.807, 2.05) is 26.8 Å². The standard InChI is InChI=1S/C15H21NO4/c1-10-5-6-11(14(17)18-4)7-13(10)16-12-8-19-15(2,3)20-9-12/h5-7,12,16H,8-9H2,1-4H3. The summed E-state index contributed by atoms with van der Waals surface area (Å²) in [7, 11) is 1.38. The van der Waals surface area contributed by atoms with Crippen LogP contribution in [0.25, 0.3) is 0 Å². The molecule has 20 heavy (non-hydrogen) atoms. The molecule has 0 amide bonds. The van der Waals surface area contributed by atoms with Gasteiger partial charge in [-0.05, 0) is 38.5 Å². The Labute approximate surface area is 119 Å². The van der Waals surface area contributed by atoms with Gasteiger partial charge in [-0.1, -0.05) is 6.07 Å². The van der Waals surface area contributed by atoms with E-state index in [1.165, 1.54) is 7.11 Å². The molecule has 5 heteroatoms. The number of carbonyl (C=O) groups is 1. The molecule has 1 aromatic rings. The van der Waals surface area contributed by atoms with Crippen molar-refractivity contribution in [1.82, 2.24) is 0 Å². The third-order valence-corrected chi connectivity index (χ3v) is 3.28. The van der Waals surface area contributed by atoms with E-state index in [-0.39, 0.29) is 12.0 Å². The summed E-state index contributed by atoms with van der Waals surface area (Å²) in [6, 6.07) is 5.50. The van der Waals surface area contributed by atoms with Gasteiger partial charge < -0.3 is 19.5 Å². The fourth-order valence-corrected chi connectivity index (χ4v) is 2.02. The van der Waals surface area contributed by atoms with Gasteiger partial charge in [0, 0.05) is 5.69 Å². The van der Waals surface area contributed by atoms with Crippen molar-refractivity contribution in [2.75, 3.05) is 25.6 Å². The number of nitrogens with one attached hydrogen (secondary N) is 1. The average Bonchev–Trinajstić information content (AvgIpc) is 2.42. The van der Waals surface area contributed by atoms with Crippen LogP contribution in [0.4, 0.5) is 5.69 Å². The smallest absolute Gasteiger partial charge is 0.337 e. The maximum atomic E-state index is 11.6. The molecule has 1 saturated heterocycles. The van der Waals surface area contributed by atoms with E-state index in [4.69, 9.17) is 14.2 Å². The average molecular weight is 279 g/mol. The first kappa shape index (κ1) is 14.8. The molecule has 0 radical (unpaired) electrons. The van der Waals surface area contributed by atoms with Crippen molar-refractivity contribution >= 4 is 11.7 Å². The van der Waals surface area contributed by atoms with Crippen molar-refractivity contribution in [2.45, 2.75) is 32.6 Å². The van der Waals surface area contributed by atoms with Crippen molar-refractivity contribution < 1.29 is 19.0 Å². The molecule has 5 nitrogen and oxygen atoms in total. The van der Waals surface area contributed by atoms with Gasteiger partial charge in [-0.15, -0.1) is 0 Å². The highest BCUT2D eigenvalue weighted by Gasteiger charge is 2.28. The third kappa shape index (κ3) is 3.49. The highest BCUT2D eigenvalue weighted by Crippen LogP contribution is 2.22. The fourth-order valence-electron chi connectivity index (χ4n) is 2.02. The first-order valence-electron chi connectivity index (χ1n) is 6.65. The zero-order chi connectivity index (χ0) is 14.8. The zero-order valence-electron chi connectivity index (χ0n) is 12.4. The van der Waals surface area contributed by atoms with Gasteiger partial charge in [0.15, 0.2) is 5.79 Å². The van der Waals surface area contributed by atoms with Crippen molar-refractivity contribution in [3.05, 3.63) is 29.3 Å². The Morgan fingerprint density at radius 3 is 2.60 bits per heavy atom. The lowest BCUT2D eigenvalue weighted by Crippen LogP contribution is -2.45. The number of methoxy groups -OCH3 is 1. The summed E-state index contributed by atoms with van der Waals surface area (Å²) in [5.74, 6) is -0.869. The van der Waals surface area contributed by atoms with E-state index in [9.17, 15) is 4.79 Å². The highest BCUT2D eigenvalue weighted by molar-refractivity contribution is 5.90. The Kier molecular flexibility index (Phi) is 4.30. The Bertz CT molecular complexity index is 489. The molecule has 0 atom stereocenters. The maximum absolute atomic E-state index is 11.6. The second kappa shape index (κ2) is 5.81. The molecule has 1 N–H and O–H groups in total. The van der Waals surface area contributed by atoms with E-state index < -0.39 is 5.79 Å². The Morgan fingerprint density at radius 1 is 1.35 bits per heavy atom. The van der Waals surface area contributed by atoms with Gasteiger partial charge in [-0.3, -0.25) is 0 Å². The summed E-state index contributed by atoms with van der Waals surface area (Å²) >= 11 is 0. The molecule has 110 valence electrons. The first-order chi connectivity index (χ1) is 9.41. The second-order valence-electron chi connectivity index (χ2n) is 5.38. The summed E-state index contributed by atoms with van der Waals surface area (Å²) < 4.78 is 16.0. The van der Waals surface area contributed by atoms with Crippen LogP contribution in [-0.2, 0) is 14.2 Å². The molecule has 0 saturated carbocycles. The lowest BCUT2D eigenvalue weighted by Gasteiger charge is -2.35. The number of aryl methyl sites for hydroxylation is 1.